The van der Waals surface area contributed by atoms with E-state index in [0.29, 0.717) is 0 Å². The highest BCUT2D eigenvalue weighted by molar-refractivity contribution is 5.16. The topological polar surface area (TPSA) is 50.3 Å². The first kappa shape index (κ1) is 14.4. The van der Waals surface area contributed by atoms with Crippen LogP contribution in [-0.2, 0) is 4.74 Å². The maximum atomic E-state index is 5.47. The Bertz CT molecular complexity index is 380. The molecule has 2 rings (SSSR count). The Morgan fingerprint density at radius 2 is 2.00 bits per heavy atom. The SMILES string of the molecule is CCC(C)(C(NC)c1cncnc1)N1CCOCC1. The fourth-order valence-corrected chi connectivity index (χ4v) is 2.98. The van der Waals surface area contributed by atoms with E-state index in [0.717, 1.165) is 38.3 Å². The number of hydrogen-bond acceptors (Lipinski definition) is 5. The van der Waals surface area contributed by atoms with Crippen molar-refractivity contribution in [2.45, 2.75) is 31.8 Å². The summed E-state index contributed by atoms with van der Waals surface area (Å²) in [6, 6.07) is 0.219. The zero-order chi connectivity index (χ0) is 13.7. The molecule has 19 heavy (non-hydrogen) atoms. The van der Waals surface area contributed by atoms with Crippen LogP contribution in [0.3, 0.4) is 0 Å². The predicted octanol–water partition coefficient (Wildman–Crippen LogP) is 1.24. The van der Waals surface area contributed by atoms with Gasteiger partial charge in [-0.25, -0.2) is 9.97 Å². The Kier molecular flexibility index (Phi) is 4.85. The summed E-state index contributed by atoms with van der Waals surface area (Å²) < 4.78 is 5.47. The predicted molar refractivity (Wildman–Crippen MR) is 74.9 cm³/mol. The monoisotopic (exact) mass is 264 g/mol. The molecule has 1 aliphatic rings. The lowest BCUT2D eigenvalue weighted by Gasteiger charge is -2.47. The molecule has 0 radical (unpaired) electrons. The van der Waals surface area contributed by atoms with Gasteiger partial charge in [0.25, 0.3) is 0 Å². The summed E-state index contributed by atoms with van der Waals surface area (Å²) in [6.07, 6.45) is 6.45. The Balaban J connectivity index is 2.26. The minimum atomic E-state index is 0.0449. The molecule has 0 amide bonds. The van der Waals surface area contributed by atoms with Gasteiger partial charge in [-0.1, -0.05) is 6.92 Å². The first-order chi connectivity index (χ1) is 9.22. The summed E-state index contributed by atoms with van der Waals surface area (Å²) >= 11 is 0. The molecule has 106 valence electrons. The van der Waals surface area contributed by atoms with E-state index in [1.54, 1.807) is 6.33 Å². The van der Waals surface area contributed by atoms with Crippen molar-refractivity contribution in [3.05, 3.63) is 24.3 Å². The molecule has 0 saturated carbocycles. The minimum Gasteiger partial charge on any atom is -0.379 e. The maximum absolute atomic E-state index is 5.47. The number of nitrogens with zero attached hydrogens (tertiary/aromatic N) is 3. The van der Waals surface area contributed by atoms with Crippen molar-refractivity contribution in [3.8, 4) is 0 Å². The van der Waals surface area contributed by atoms with Crippen molar-refractivity contribution in [2.75, 3.05) is 33.4 Å². The molecule has 2 atom stereocenters. The third kappa shape index (κ3) is 2.94. The molecular weight excluding hydrogens is 240 g/mol. The number of nitrogens with one attached hydrogen (secondary N) is 1. The van der Waals surface area contributed by atoms with Crippen LogP contribution in [0.1, 0.15) is 31.9 Å². The van der Waals surface area contributed by atoms with Crippen LogP contribution in [-0.4, -0.2) is 53.8 Å². The molecule has 2 heterocycles. The fraction of sp³-hybridized carbons (Fsp3) is 0.714. The van der Waals surface area contributed by atoms with Crippen LogP contribution in [0.2, 0.25) is 0 Å². The Hall–Kier alpha value is -1.04. The number of ether oxygens (including phenoxy) is 1. The van der Waals surface area contributed by atoms with Gasteiger partial charge in [0.05, 0.1) is 19.3 Å². The lowest BCUT2D eigenvalue weighted by molar-refractivity contribution is -0.0320. The number of morpholine rings is 1. The van der Waals surface area contributed by atoms with Crippen molar-refractivity contribution < 1.29 is 4.74 Å². The summed E-state index contributed by atoms with van der Waals surface area (Å²) in [6.45, 7) is 8.15. The molecule has 1 aliphatic heterocycles. The van der Waals surface area contributed by atoms with Gasteiger partial charge in [0, 0.05) is 36.6 Å². The van der Waals surface area contributed by atoms with E-state index in [9.17, 15) is 0 Å². The van der Waals surface area contributed by atoms with Crippen LogP contribution in [0, 0.1) is 0 Å². The molecule has 0 aliphatic carbocycles. The fourth-order valence-electron chi connectivity index (χ4n) is 2.98. The number of rotatable bonds is 5. The molecular formula is C14H24N4O. The van der Waals surface area contributed by atoms with Crippen LogP contribution < -0.4 is 5.32 Å². The smallest absolute Gasteiger partial charge is 0.115 e. The lowest BCUT2D eigenvalue weighted by Crippen LogP contribution is -2.57. The molecule has 1 aromatic heterocycles. The molecule has 0 bridgehead atoms. The third-order valence-corrected chi connectivity index (χ3v) is 4.27. The second-order valence-corrected chi connectivity index (χ2v) is 5.20. The summed E-state index contributed by atoms with van der Waals surface area (Å²) in [5.74, 6) is 0. The van der Waals surface area contributed by atoms with Gasteiger partial charge in [0.1, 0.15) is 6.33 Å². The number of likely N-dealkylation sites (N-methyl/N-ethyl adjacent to an activating group) is 1. The third-order valence-electron chi connectivity index (χ3n) is 4.27. The van der Waals surface area contributed by atoms with Gasteiger partial charge in [0.15, 0.2) is 0 Å². The van der Waals surface area contributed by atoms with Gasteiger partial charge >= 0.3 is 0 Å². The number of hydrogen-bond donors (Lipinski definition) is 1. The Morgan fingerprint density at radius 3 is 2.53 bits per heavy atom. The zero-order valence-corrected chi connectivity index (χ0v) is 12.1. The molecule has 1 saturated heterocycles. The summed E-state index contributed by atoms with van der Waals surface area (Å²) in [5.41, 5.74) is 1.18. The van der Waals surface area contributed by atoms with E-state index in [4.69, 9.17) is 4.74 Å². The average molecular weight is 264 g/mol. The van der Waals surface area contributed by atoms with Crippen LogP contribution in [0.5, 0.6) is 0 Å². The van der Waals surface area contributed by atoms with Gasteiger partial charge in [-0.05, 0) is 20.4 Å². The van der Waals surface area contributed by atoms with Crippen LogP contribution in [0.25, 0.3) is 0 Å². The minimum absolute atomic E-state index is 0.0449. The van der Waals surface area contributed by atoms with Gasteiger partial charge < -0.3 is 10.1 Å². The zero-order valence-electron chi connectivity index (χ0n) is 12.1. The van der Waals surface area contributed by atoms with Crippen molar-refractivity contribution in [1.82, 2.24) is 20.2 Å². The van der Waals surface area contributed by atoms with Crippen molar-refractivity contribution in [3.63, 3.8) is 0 Å². The summed E-state index contributed by atoms with van der Waals surface area (Å²) in [4.78, 5) is 10.8. The van der Waals surface area contributed by atoms with Gasteiger partial charge in [-0.3, -0.25) is 4.90 Å². The quantitative estimate of drug-likeness (QED) is 0.867. The summed E-state index contributed by atoms with van der Waals surface area (Å²) in [5, 5.41) is 3.44. The molecule has 0 spiro atoms. The van der Waals surface area contributed by atoms with E-state index in [2.05, 4.69) is 34.0 Å². The molecule has 5 heteroatoms. The van der Waals surface area contributed by atoms with E-state index < -0.39 is 0 Å². The van der Waals surface area contributed by atoms with Crippen molar-refractivity contribution >= 4 is 0 Å². The largest absolute Gasteiger partial charge is 0.379 e. The second-order valence-electron chi connectivity index (χ2n) is 5.20. The van der Waals surface area contributed by atoms with E-state index in [1.807, 2.05) is 19.4 Å². The standard InChI is InChI=1S/C14H24N4O/c1-4-14(2,18-5-7-19-8-6-18)13(15-3)12-9-16-11-17-10-12/h9-11,13,15H,4-8H2,1-3H3. The first-order valence-corrected chi connectivity index (χ1v) is 6.97. The summed E-state index contributed by atoms with van der Waals surface area (Å²) in [7, 11) is 2.01. The van der Waals surface area contributed by atoms with Crippen LogP contribution >= 0.6 is 0 Å². The molecule has 1 aromatic rings. The molecule has 0 aromatic carbocycles. The Labute approximate surface area is 115 Å². The highest BCUT2D eigenvalue weighted by Gasteiger charge is 2.39. The van der Waals surface area contributed by atoms with Crippen LogP contribution in [0.4, 0.5) is 0 Å². The van der Waals surface area contributed by atoms with Crippen molar-refractivity contribution in [1.29, 1.82) is 0 Å². The van der Waals surface area contributed by atoms with Gasteiger partial charge in [-0.2, -0.15) is 0 Å². The molecule has 2 unspecified atom stereocenters. The number of aromatic nitrogens is 2. The van der Waals surface area contributed by atoms with Crippen LogP contribution in [0.15, 0.2) is 18.7 Å². The highest BCUT2D eigenvalue weighted by atomic mass is 16.5. The first-order valence-electron chi connectivity index (χ1n) is 6.97. The molecule has 1 N–H and O–H groups in total. The van der Waals surface area contributed by atoms with Gasteiger partial charge in [-0.15, -0.1) is 0 Å². The molecule has 5 nitrogen and oxygen atoms in total. The maximum Gasteiger partial charge on any atom is 0.115 e. The molecule has 1 fully saturated rings. The van der Waals surface area contributed by atoms with Crippen molar-refractivity contribution in [2.24, 2.45) is 0 Å². The lowest BCUT2D eigenvalue weighted by atomic mass is 9.83. The second kappa shape index (κ2) is 6.41. The Morgan fingerprint density at radius 1 is 1.37 bits per heavy atom. The normalized spacial score (nSPS) is 21.8. The average Bonchev–Trinajstić information content (AvgIpc) is 2.49. The van der Waals surface area contributed by atoms with E-state index in [1.165, 1.54) is 0 Å². The van der Waals surface area contributed by atoms with Gasteiger partial charge in [0.2, 0.25) is 0 Å². The highest BCUT2D eigenvalue weighted by Crippen LogP contribution is 2.34. The van der Waals surface area contributed by atoms with E-state index in [-0.39, 0.29) is 11.6 Å². The van der Waals surface area contributed by atoms with E-state index >= 15 is 0 Å².